The second-order valence-corrected chi connectivity index (χ2v) is 9.09. The number of nitrogens with zero attached hydrogens (tertiary/aromatic N) is 3. The number of carbonyl (C=O) groups excluding carboxylic acids is 1. The second-order valence-electron chi connectivity index (χ2n) is 7.64. The molecule has 0 aliphatic carbocycles. The van der Waals surface area contributed by atoms with Gasteiger partial charge >= 0.3 is 0 Å². The first-order chi connectivity index (χ1) is 16.1. The largest absolute Gasteiger partial charge is 0.496 e. The molecule has 0 spiro atoms. The Labute approximate surface area is 202 Å². The fourth-order valence-corrected chi connectivity index (χ4v) is 5.03. The number of amides is 1. The van der Waals surface area contributed by atoms with Crippen LogP contribution in [0.3, 0.4) is 0 Å². The molecule has 1 aliphatic heterocycles. The van der Waals surface area contributed by atoms with Gasteiger partial charge in [-0.15, -0.1) is 0 Å². The van der Waals surface area contributed by atoms with Gasteiger partial charge in [0.15, 0.2) is 5.13 Å². The molecule has 0 N–H and O–H groups in total. The molecule has 0 atom stereocenters. The molecule has 1 amide bonds. The zero-order valence-electron chi connectivity index (χ0n) is 18.9. The molecule has 1 aromatic heterocycles. The van der Waals surface area contributed by atoms with Gasteiger partial charge in [0.05, 0.1) is 37.2 Å². The Morgan fingerprint density at radius 1 is 1.24 bits per heavy atom. The zero-order chi connectivity index (χ0) is 23.2. The molecular weight excluding hydrogens is 462 g/mol. The topological polar surface area (TPSA) is 64.1 Å². The number of halogens is 1. The van der Waals surface area contributed by atoms with Gasteiger partial charge in [0, 0.05) is 31.2 Å². The van der Waals surface area contributed by atoms with Crippen molar-refractivity contribution >= 4 is 44.2 Å². The van der Waals surface area contributed by atoms with E-state index in [-0.39, 0.29) is 5.91 Å². The lowest BCUT2D eigenvalue weighted by Gasteiger charge is -2.28. The van der Waals surface area contributed by atoms with E-state index in [2.05, 4.69) is 4.90 Å². The molecule has 4 rings (SSSR count). The molecule has 3 aromatic rings. The van der Waals surface area contributed by atoms with E-state index in [0.29, 0.717) is 34.6 Å². The predicted molar refractivity (Wildman–Crippen MR) is 132 cm³/mol. The van der Waals surface area contributed by atoms with Crippen molar-refractivity contribution in [3.8, 4) is 11.5 Å². The van der Waals surface area contributed by atoms with E-state index in [1.807, 2.05) is 25.1 Å². The Bertz CT molecular complexity index is 1100. The third-order valence-corrected chi connectivity index (χ3v) is 6.78. The van der Waals surface area contributed by atoms with Crippen LogP contribution >= 0.6 is 22.9 Å². The van der Waals surface area contributed by atoms with Crippen molar-refractivity contribution in [1.82, 2.24) is 9.88 Å². The van der Waals surface area contributed by atoms with Crippen molar-refractivity contribution in [2.45, 2.75) is 13.3 Å². The molecule has 7 nitrogen and oxygen atoms in total. The van der Waals surface area contributed by atoms with Crippen molar-refractivity contribution in [3.63, 3.8) is 0 Å². The number of benzene rings is 2. The molecule has 1 aliphatic rings. The minimum Gasteiger partial charge on any atom is -0.496 e. The standard InChI is InChI=1S/C24H28ClN3O4S/c1-3-32-20-6-4-7-21-22(20)26-24(33-21)28(11-5-10-27-12-14-31-15-13-27)23(29)18-16-17(25)8-9-19(18)30-2/h4,6-9,16H,3,5,10-15H2,1-2H3. The van der Waals surface area contributed by atoms with Crippen molar-refractivity contribution in [3.05, 3.63) is 47.0 Å². The number of rotatable bonds is 9. The number of methoxy groups -OCH3 is 1. The van der Waals surface area contributed by atoms with E-state index in [4.69, 9.17) is 30.8 Å². The smallest absolute Gasteiger partial charge is 0.263 e. The summed E-state index contributed by atoms with van der Waals surface area (Å²) in [6, 6.07) is 10.9. The van der Waals surface area contributed by atoms with Gasteiger partial charge in [0.2, 0.25) is 0 Å². The van der Waals surface area contributed by atoms with Gasteiger partial charge in [-0.05, 0) is 43.7 Å². The van der Waals surface area contributed by atoms with Gasteiger partial charge in [-0.1, -0.05) is 29.0 Å². The van der Waals surface area contributed by atoms with Gasteiger partial charge in [-0.2, -0.15) is 0 Å². The Kier molecular flexibility index (Phi) is 8.03. The number of fused-ring (bicyclic) bond motifs is 1. The van der Waals surface area contributed by atoms with E-state index in [0.717, 1.165) is 55.2 Å². The lowest BCUT2D eigenvalue weighted by atomic mass is 10.1. The SMILES string of the molecule is CCOc1cccc2sc(N(CCCN3CCOCC3)C(=O)c3cc(Cl)ccc3OC)nc12. The number of hydrogen-bond acceptors (Lipinski definition) is 7. The minimum absolute atomic E-state index is 0.187. The van der Waals surface area contributed by atoms with E-state index in [9.17, 15) is 4.79 Å². The summed E-state index contributed by atoms with van der Waals surface area (Å²) >= 11 is 7.70. The summed E-state index contributed by atoms with van der Waals surface area (Å²) in [4.78, 5) is 22.6. The van der Waals surface area contributed by atoms with Gasteiger partial charge in [-0.25, -0.2) is 4.98 Å². The zero-order valence-corrected chi connectivity index (χ0v) is 20.5. The molecule has 1 saturated heterocycles. The van der Waals surface area contributed by atoms with Crippen LogP contribution in [0.25, 0.3) is 10.2 Å². The van der Waals surface area contributed by atoms with Gasteiger partial charge in [0.25, 0.3) is 5.91 Å². The number of thiazole rings is 1. The first-order valence-corrected chi connectivity index (χ1v) is 12.3. The highest BCUT2D eigenvalue weighted by molar-refractivity contribution is 7.22. The number of carbonyl (C=O) groups is 1. The lowest BCUT2D eigenvalue weighted by molar-refractivity contribution is 0.0376. The van der Waals surface area contributed by atoms with Gasteiger partial charge in [-0.3, -0.25) is 14.6 Å². The third kappa shape index (κ3) is 5.58. The van der Waals surface area contributed by atoms with Crippen LogP contribution in [-0.4, -0.2) is 68.9 Å². The van der Waals surface area contributed by atoms with Crippen LogP contribution in [0, 0.1) is 0 Å². The number of ether oxygens (including phenoxy) is 3. The Balaban J connectivity index is 1.65. The van der Waals surface area contributed by atoms with Crippen LogP contribution in [-0.2, 0) is 4.74 Å². The maximum absolute atomic E-state index is 13.7. The van der Waals surface area contributed by atoms with Gasteiger partial charge < -0.3 is 14.2 Å². The van der Waals surface area contributed by atoms with E-state index >= 15 is 0 Å². The average molecular weight is 490 g/mol. The summed E-state index contributed by atoms with van der Waals surface area (Å²) < 4.78 is 17.6. The Morgan fingerprint density at radius 3 is 2.82 bits per heavy atom. The highest BCUT2D eigenvalue weighted by atomic mass is 35.5. The number of morpholine rings is 1. The predicted octanol–water partition coefficient (Wildman–Crippen LogP) is 4.73. The fourth-order valence-electron chi connectivity index (χ4n) is 3.85. The molecule has 9 heteroatoms. The summed E-state index contributed by atoms with van der Waals surface area (Å²) in [5.74, 6) is 1.02. The first-order valence-electron chi connectivity index (χ1n) is 11.1. The molecule has 0 saturated carbocycles. The van der Waals surface area contributed by atoms with Crippen LogP contribution in [0.5, 0.6) is 11.5 Å². The van der Waals surface area contributed by atoms with E-state index in [1.54, 1.807) is 30.2 Å². The number of para-hydroxylation sites is 1. The monoisotopic (exact) mass is 489 g/mol. The summed E-state index contributed by atoms with van der Waals surface area (Å²) in [5, 5.41) is 1.11. The first kappa shape index (κ1) is 23.8. The van der Waals surface area contributed by atoms with E-state index in [1.165, 1.54) is 11.3 Å². The molecule has 1 fully saturated rings. The van der Waals surface area contributed by atoms with Crippen LogP contribution in [0.2, 0.25) is 5.02 Å². The summed E-state index contributed by atoms with van der Waals surface area (Å²) in [6.07, 6.45) is 0.808. The molecule has 0 bridgehead atoms. The number of anilines is 1. The van der Waals surface area contributed by atoms with Crippen molar-refractivity contribution < 1.29 is 19.0 Å². The molecule has 0 unspecified atom stereocenters. The van der Waals surface area contributed by atoms with Crippen molar-refractivity contribution in [2.24, 2.45) is 0 Å². The highest BCUT2D eigenvalue weighted by Gasteiger charge is 2.25. The van der Waals surface area contributed by atoms with Crippen molar-refractivity contribution in [2.75, 3.05) is 58.0 Å². The third-order valence-electron chi connectivity index (χ3n) is 5.50. The molecule has 33 heavy (non-hydrogen) atoms. The maximum atomic E-state index is 13.7. The van der Waals surface area contributed by atoms with Crippen LogP contribution < -0.4 is 14.4 Å². The summed E-state index contributed by atoms with van der Waals surface area (Å²) in [5.41, 5.74) is 1.18. The maximum Gasteiger partial charge on any atom is 0.263 e. The van der Waals surface area contributed by atoms with Gasteiger partial charge in [0.1, 0.15) is 17.0 Å². The second kappa shape index (κ2) is 11.2. The number of aromatic nitrogens is 1. The fraction of sp³-hybridized carbons (Fsp3) is 0.417. The number of hydrogen-bond donors (Lipinski definition) is 0. The van der Waals surface area contributed by atoms with Crippen LogP contribution in [0.4, 0.5) is 5.13 Å². The quantitative estimate of drug-likeness (QED) is 0.433. The highest BCUT2D eigenvalue weighted by Crippen LogP contribution is 2.36. The van der Waals surface area contributed by atoms with Crippen LogP contribution in [0.1, 0.15) is 23.7 Å². The summed E-state index contributed by atoms with van der Waals surface area (Å²) in [7, 11) is 1.55. The van der Waals surface area contributed by atoms with Crippen LogP contribution in [0.15, 0.2) is 36.4 Å². The van der Waals surface area contributed by atoms with E-state index < -0.39 is 0 Å². The summed E-state index contributed by atoms with van der Waals surface area (Å²) in [6.45, 7) is 7.22. The molecular formula is C24H28ClN3O4S. The molecule has 0 radical (unpaired) electrons. The van der Waals surface area contributed by atoms with Crippen molar-refractivity contribution in [1.29, 1.82) is 0 Å². The Morgan fingerprint density at radius 2 is 2.06 bits per heavy atom. The molecule has 2 aromatic carbocycles. The normalized spacial score (nSPS) is 14.4. The minimum atomic E-state index is -0.187. The molecule has 2 heterocycles. The lowest BCUT2D eigenvalue weighted by Crippen LogP contribution is -2.39. The Hall–Kier alpha value is -2.39. The average Bonchev–Trinajstić information content (AvgIpc) is 3.27. The molecule has 176 valence electrons.